The smallest absolute Gasteiger partial charge is 0.248 e. The lowest BCUT2D eigenvalue weighted by atomic mass is 10.2. The van der Waals surface area contributed by atoms with Crippen molar-refractivity contribution in [2.45, 2.75) is 23.8 Å². The van der Waals surface area contributed by atoms with Gasteiger partial charge in [-0.05, 0) is 54.8 Å². The Kier molecular flexibility index (Phi) is 4.96. The van der Waals surface area contributed by atoms with Crippen molar-refractivity contribution in [1.82, 2.24) is 4.72 Å². The molecular formula is C18H17FN2O3S. The van der Waals surface area contributed by atoms with Crippen LogP contribution in [0, 0.1) is 5.82 Å². The zero-order valence-corrected chi connectivity index (χ0v) is 14.1. The third-order valence-corrected chi connectivity index (χ3v) is 5.13. The largest absolute Gasteiger partial charge is 0.322 e. The Balaban J connectivity index is 1.67. The Hall–Kier alpha value is -2.51. The fourth-order valence-electron chi connectivity index (χ4n) is 2.16. The van der Waals surface area contributed by atoms with Crippen LogP contribution < -0.4 is 10.0 Å². The number of nitrogens with one attached hydrogen (secondary N) is 2. The molecule has 1 fully saturated rings. The summed E-state index contributed by atoms with van der Waals surface area (Å²) in [5.74, 6) is -0.756. The van der Waals surface area contributed by atoms with Crippen molar-refractivity contribution in [3.05, 3.63) is 66.0 Å². The summed E-state index contributed by atoms with van der Waals surface area (Å²) in [5, 5.41) is 2.61. The minimum atomic E-state index is -3.57. The number of anilines is 1. The van der Waals surface area contributed by atoms with Gasteiger partial charge in [0.1, 0.15) is 5.82 Å². The Morgan fingerprint density at radius 1 is 1.12 bits per heavy atom. The van der Waals surface area contributed by atoms with Crippen LogP contribution in [0.2, 0.25) is 0 Å². The minimum absolute atomic E-state index is 0.0156. The number of carbonyl (C=O) groups excluding carboxylic acids is 1. The van der Waals surface area contributed by atoms with Crippen LogP contribution in [-0.2, 0) is 14.8 Å². The summed E-state index contributed by atoms with van der Waals surface area (Å²) in [5.41, 5.74) is 1.06. The van der Waals surface area contributed by atoms with Crippen molar-refractivity contribution in [3.8, 4) is 0 Å². The van der Waals surface area contributed by atoms with E-state index in [0.717, 1.165) is 12.8 Å². The number of carbonyl (C=O) groups is 1. The van der Waals surface area contributed by atoms with E-state index in [2.05, 4.69) is 10.0 Å². The van der Waals surface area contributed by atoms with Gasteiger partial charge in [-0.1, -0.05) is 18.2 Å². The van der Waals surface area contributed by atoms with Crippen LogP contribution in [0.25, 0.3) is 6.08 Å². The number of amides is 1. The summed E-state index contributed by atoms with van der Waals surface area (Å²) in [7, 11) is -3.57. The third kappa shape index (κ3) is 4.98. The molecule has 0 unspecified atom stereocenters. The molecule has 5 nitrogen and oxygen atoms in total. The van der Waals surface area contributed by atoms with Gasteiger partial charge in [0.15, 0.2) is 0 Å². The molecule has 0 aromatic heterocycles. The minimum Gasteiger partial charge on any atom is -0.322 e. The van der Waals surface area contributed by atoms with Crippen LogP contribution in [0.1, 0.15) is 18.4 Å². The average molecular weight is 360 g/mol. The molecule has 0 radical (unpaired) electrons. The highest BCUT2D eigenvalue weighted by molar-refractivity contribution is 7.89. The Bertz CT molecular complexity index is 904. The summed E-state index contributed by atoms with van der Waals surface area (Å²) in [4.78, 5) is 12.1. The van der Waals surface area contributed by atoms with E-state index in [1.54, 1.807) is 30.3 Å². The van der Waals surface area contributed by atoms with Crippen LogP contribution in [-0.4, -0.2) is 20.4 Å². The molecule has 7 heteroatoms. The number of hydrogen-bond donors (Lipinski definition) is 2. The quantitative estimate of drug-likeness (QED) is 0.778. The van der Waals surface area contributed by atoms with E-state index in [-0.39, 0.29) is 16.8 Å². The number of benzene rings is 2. The maximum atomic E-state index is 12.8. The summed E-state index contributed by atoms with van der Waals surface area (Å²) >= 11 is 0. The monoisotopic (exact) mass is 360 g/mol. The van der Waals surface area contributed by atoms with Gasteiger partial charge in [0, 0.05) is 17.8 Å². The molecule has 0 aliphatic heterocycles. The first kappa shape index (κ1) is 17.3. The van der Waals surface area contributed by atoms with E-state index in [4.69, 9.17) is 0 Å². The van der Waals surface area contributed by atoms with Crippen molar-refractivity contribution >= 4 is 27.7 Å². The Labute approximate surface area is 145 Å². The molecule has 0 atom stereocenters. The SMILES string of the molecule is O=C(C=Cc1ccc(F)cc1)Nc1cccc(S(=O)(=O)NC2CC2)c1. The molecule has 2 aromatic carbocycles. The molecule has 0 saturated heterocycles. The van der Waals surface area contributed by atoms with Crippen molar-refractivity contribution in [2.24, 2.45) is 0 Å². The molecule has 1 aliphatic rings. The van der Waals surface area contributed by atoms with Gasteiger partial charge in [-0.2, -0.15) is 0 Å². The standard InChI is InChI=1S/C18H17FN2O3S/c19-14-7-4-13(5-8-14)6-11-18(22)20-16-2-1-3-17(12-16)25(23,24)21-15-9-10-15/h1-8,11-12,15,21H,9-10H2,(H,20,22). The normalized spacial score (nSPS) is 14.6. The average Bonchev–Trinajstić information content (AvgIpc) is 3.38. The molecule has 25 heavy (non-hydrogen) atoms. The van der Waals surface area contributed by atoms with Gasteiger partial charge in [-0.15, -0.1) is 0 Å². The highest BCUT2D eigenvalue weighted by Crippen LogP contribution is 2.23. The van der Waals surface area contributed by atoms with Gasteiger partial charge in [0.2, 0.25) is 15.9 Å². The predicted octanol–water partition coefficient (Wildman–Crippen LogP) is 2.92. The highest BCUT2D eigenvalue weighted by atomic mass is 32.2. The van der Waals surface area contributed by atoms with Gasteiger partial charge in [0.25, 0.3) is 0 Å². The van der Waals surface area contributed by atoms with Crippen LogP contribution in [0.3, 0.4) is 0 Å². The first-order valence-electron chi connectivity index (χ1n) is 7.79. The number of halogens is 1. The molecule has 0 bridgehead atoms. The van der Waals surface area contributed by atoms with E-state index < -0.39 is 15.9 Å². The van der Waals surface area contributed by atoms with Gasteiger partial charge >= 0.3 is 0 Å². The molecule has 1 saturated carbocycles. The van der Waals surface area contributed by atoms with Gasteiger partial charge in [0.05, 0.1) is 4.90 Å². The van der Waals surface area contributed by atoms with Gasteiger partial charge in [-0.3, -0.25) is 4.79 Å². The predicted molar refractivity (Wildman–Crippen MR) is 93.8 cm³/mol. The Morgan fingerprint density at radius 2 is 1.84 bits per heavy atom. The Morgan fingerprint density at radius 3 is 2.52 bits per heavy atom. The van der Waals surface area contributed by atoms with Crippen molar-refractivity contribution in [2.75, 3.05) is 5.32 Å². The van der Waals surface area contributed by atoms with Crippen molar-refractivity contribution in [3.63, 3.8) is 0 Å². The van der Waals surface area contributed by atoms with E-state index >= 15 is 0 Å². The lowest BCUT2D eigenvalue weighted by molar-refractivity contribution is -0.111. The summed E-state index contributed by atoms with van der Waals surface area (Å²) in [6.07, 6.45) is 4.55. The lowest BCUT2D eigenvalue weighted by Gasteiger charge is -2.08. The number of hydrogen-bond acceptors (Lipinski definition) is 3. The van der Waals surface area contributed by atoms with Gasteiger partial charge < -0.3 is 5.32 Å². The molecule has 1 amide bonds. The molecule has 2 aromatic rings. The van der Waals surface area contributed by atoms with Crippen molar-refractivity contribution in [1.29, 1.82) is 0 Å². The van der Waals surface area contributed by atoms with Crippen molar-refractivity contribution < 1.29 is 17.6 Å². The van der Waals surface area contributed by atoms with E-state index in [9.17, 15) is 17.6 Å². The molecule has 1 aliphatic carbocycles. The fourth-order valence-corrected chi connectivity index (χ4v) is 3.51. The summed E-state index contributed by atoms with van der Waals surface area (Å²) < 4.78 is 39.8. The second-order valence-electron chi connectivity index (χ2n) is 5.80. The molecule has 0 spiro atoms. The zero-order valence-electron chi connectivity index (χ0n) is 13.3. The summed E-state index contributed by atoms with van der Waals surface area (Å²) in [6, 6.07) is 11.8. The van der Waals surface area contributed by atoms with Crippen LogP contribution in [0.15, 0.2) is 59.5 Å². The molecular weight excluding hydrogens is 343 g/mol. The molecule has 130 valence electrons. The third-order valence-electron chi connectivity index (χ3n) is 3.61. The fraction of sp³-hybridized carbons (Fsp3) is 0.167. The van der Waals surface area contributed by atoms with Crippen LogP contribution in [0.5, 0.6) is 0 Å². The number of rotatable bonds is 6. The van der Waals surface area contributed by atoms with E-state index in [1.165, 1.54) is 30.3 Å². The van der Waals surface area contributed by atoms with Gasteiger partial charge in [-0.25, -0.2) is 17.5 Å². The van der Waals surface area contributed by atoms with E-state index in [1.807, 2.05) is 0 Å². The first-order chi connectivity index (χ1) is 11.9. The lowest BCUT2D eigenvalue weighted by Crippen LogP contribution is -2.25. The molecule has 0 heterocycles. The first-order valence-corrected chi connectivity index (χ1v) is 9.28. The topological polar surface area (TPSA) is 75.3 Å². The number of sulfonamides is 1. The van der Waals surface area contributed by atoms with Crippen LogP contribution >= 0.6 is 0 Å². The van der Waals surface area contributed by atoms with E-state index in [0.29, 0.717) is 11.3 Å². The van der Waals surface area contributed by atoms with Crippen LogP contribution in [0.4, 0.5) is 10.1 Å². The highest BCUT2D eigenvalue weighted by Gasteiger charge is 2.28. The summed E-state index contributed by atoms with van der Waals surface area (Å²) in [6.45, 7) is 0. The second-order valence-corrected chi connectivity index (χ2v) is 7.51. The maximum absolute atomic E-state index is 12.8. The maximum Gasteiger partial charge on any atom is 0.248 e. The molecule has 2 N–H and O–H groups in total. The molecule has 3 rings (SSSR count). The zero-order chi connectivity index (χ0) is 17.9. The second kappa shape index (κ2) is 7.16.